The van der Waals surface area contributed by atoms with E-state index in [0.717, 1.165) is 18.6 Å². The predicted molar refractivity (Wildman–Crippen MR) is 67.6 cm³/mol. The summed E-state index contributed by atoms with van der Waals surface area (Å²) >= 11 is 0. The van der Waals surface area contributed by atoms with Crippen LogP contribution in [0.25, 0.3) is 0 Å². The van der Waals surface area contributed by atoms with Gasteiger partial charge in [0.1, 0.15) is 0 Å². The summed E-state index contributed by atoms with van der Waals surface area (Å²) in [6.07, 6.45) is 7.87. The van der Waals surface area contributed by atoms with Gasteiger partial charge < -0.3 is 10.5 Å². The maximum atomic E-state index is 5.62. The Bertz CT molecular complexity index is 313. The van der Waals surface area contributed by atoms with Crippen LogP contribution >= 0.6 is 0 Å². The fourth-order valence-electron chi connectivity index (χ4n) is 1.61. The summed E-state index contributed by atoms with van der Waals surface area (Å²) in [7, 11) is 0. The molecule has 0 aliphatic rings. The minimum absolute atomic E-state index is 0.688. The zero-order chi connectivity index (χ0) is 11.8. The van der Waals surface area contributed by atoms with Crippen LogP contribution in [0.4, 0.5) is 5.69 Å². The number of aryl methyl sites for hydroxylation is 1. The Hall–Kier alpha value is -1.25. The summed E-state index contributed by atoms with van der Waals surface area (Å²) in [6, 6.07) is 1.89. The fourth-order valence-corrected chi connectivity index (χ4v) is 1.61. The number of nitrogens with two attached hydrogens (primary N) is 1. The molecule has 1 aromatic heterocycles. The number of aromatic nitrogens is 1. The molecule has 2 N–H and O–H groups in total. The molecule has 0 unspecified atom stereocenters. The van der Waals surface area contributed by atoms with Crippen LogP contribution in [0.3, 0.4) is 0 Å². The average Bonchev–Trinajstić information content (AvgIpc) is 2.26. The molecule has 0 atom stereocenters. The van der Waals surface area contributed by atoms with E-state index >= 15 is 0 Å². The SMILES string of the molecule is CCCCCCCOc1ncc(N)cc1C. The molecule has 0 aliphatic carbocycles. The highest BCUT2D eigenvalue weighted by molar-refractivity contribution is 5.41. The summed E-state index contributed by atoms with van der Waals surface area (Å²) in [5.74, 6) is 0.713. The van der Waals surface area contributed by atoms with Crippen molar-refractivity contribution in [3.63, 3.8) is 0 Å². The third kappa shape index (κ3) is 4.51. The third-order valence-electron chi connectivity index (χ3n) is 2.54. The van der Waals surface area contributed by atoms with Crippen molar-refractivity contribution in [2.24, 2.45) is 0 Å². The maximum Gasteiger partial charge on any atom is 0.216 e. The zero-order valence-electron chi connectivity index (χ0n) is 10.3. The highest BCUT2D eigenvalue weighted by Gasteiger charge is 2.00. The first-order valence-electron chi connectivity index (χ1n) is 6.09. The molecule has 0 fully saturated rings. The monoisotopic (exact) mass is 222 g/mol. The molecule has 0 saturated carbocycles. The first kappa shape index (κ1) is 12.8. The minimum Gasteiger partial charge on any atom is -0.477 e. The number of hydrogen-bond donors (Lipinski definition) is 1. The lowest BCUT2D eigenvalue weighted by molar-refractivity contribution is 0.291. The van der Waals surface area contributed by atoms with Gasteiger partial charge in [-0.1, -0.05) is 32.6 Å². The molecule has 16 heavy (non-hydrogen) atoms. The van der Waals surface area contributed by atoms with E-state index < -0.39 is 0 Å². The molecular weight excluding hydrogens is 200 g/mol. The lowest BCUT2D eigenvalue weighted by Gasteiger charge is -2.08. The van der Waals surface area contributed by atoms with E-state index in [1.165, 1.54) is 25.7 Å². The van der Waals surface area contributed by atoms with Gasteiger partial charge in [-0.2, -0.15) is 0 Å². The maximum absolute atomic E-state index is 5.62. The second kappa shape index (κ2) is 7.09. The summed E-state index contributed by atoms with van der Waals surface area (Å²) < 4.78 is 5.61. The molecule has 0 saturated heterocycles. The highest BCUT2D eigenvalue weighted by Crippen LogP contribution is 2.16. The Labute approximate surface area is 98.0 Å². The van der Waals surface area contributed by atoms with Crippen LogP contribution in [-0.4, -0.2) is 11.6 Å². The van der Waals surface area contributed by atoms with Gasteiger partial charge in [-0.15, -0.1) is 0 Å². The smallest absolute Gasteiger partial charge is 0.216 e. The first-order chi connectivity index (χ1) is 7.74. The normalized spacial score (nSPS) is 10.4. The van der Waals surface area contributed by atoms with Crippen molar-refractivity contribution in [3.05, 3.63) is 17.8 Å². The van der Waals surface area contributed by atoms with Crippen LogP contribution in [0.15, 0.2) is 12.3 Å². The number of hydrogen-bond acceptors (Lipinski definition) is 3. The van der Waals surface area contributed by atoms with Gasteiger partial charge in [-0.3, -0.25) is 0 Å². The molecule has 1 heterocycles. The summed E-state index contributed by atoms with van der Waals surface area (Å²) in [5.41, 5.74) is 7.31. The number of rotatable bonds is 7. The van der Waals surface area contributed by atoms with E-state index in [9.17, 15) is 0 Å². The molecule has 1 rings (SSSR count). The molecular formula is C13H22N2O. The molecule has 1 aromatic rings. The number of nitrogen functional groups attached to an aromatic ring is 1. The fraction of sp³-hybridized carbons (Fsp3) is 0.615. The van der Waals surface area contributed by atoms with Crippen molar-refractivity contribution >= 4 is 5.69 Å². The van der Waals surface area contributed by atoms with Crippen molar-refractivity contribution in [2.45, 2.75) is 46.0 Å². The van der Waals surface area contributed by atoms with Crippen LogP contribution in [0.5, 0.6) is 5.88 Å². The van der Waals surface area contributed by atoms with Crippen LogP contribution in [-0.2, 0) is 0 Å². The predicted octanol–water partition coefficient (Wildman–Crippen LogP) is 3.32. The van der Waals surface area contributed by atoms with E-state index in [-0.39, 0.29) is 0 Å². The molecule has 0 spiro atoms. The quantitative estimate of drug-likeness (QED) is 0.720. The molecule has 3 nitrogen and oxygen atoms in total. The van der Waals surface area contributed by atoms with Crippen LogP contribution < -0.4 is 10.5 Å². The molecule has 0 aromatic carbocycles. The zero-order valence-corrected chi connectivity index (χ0v) is 10.3. The lowest BCUT2D eigenvalue weighted by Crippen LogP contribution is -2.01. The van der Waals surface area contributed by atoms with E-state index in [1.807, 2.05) is 13.0 Å². The van der Waals surface area contributed by atoms with Gasteiger partial charge in [-0.25, -0.2) is 4.98 Å². The van der Waals surface area contributed by atoms with Gasteiger partial charge in [0.15, 0.2) is 0 Å². The summed E-state index contributed by atoms with van der Waals surface area (Å²) in [4.78, 5) is 4.16. The molecule has 90 valence electrons. The summed E-state index contributed by atoms with van der Waals surface area (Å²) in [6.45, 7) is 4.94. The number of ether oxygens (including phenoxy) is 1. The van der Waals surface area contributed by atoms with Gasteiger partial charge in [0, 0.05) is 5.56 Å². The lowest BCUT2D eigenvalue weighted by atomic mass is 10.2. The second-order valence-corrected chi connectivity index (χ2v) is 4.15. The number of pyridine rings is 1. The van der Waals surface area contributed by atoms with Crippen LogP contribution in [0, 0.1) is 6.92 Å². The van der Waals surface area contributed by atoms with E-state index in [1.54, 1.807) is 6.20 Å². The highest BCUT2D eigenvalue weighted by atomic mass is 16.5. The third-order valence-corrected chi connectivity index (χ3v) is 2.54. The molecule has 0 aliphatic heterocycles. The Balaban J connectivity index is 2.21. The van der Waals surface area contributed by atoms with E-state index in [4.69, 9.17) is 10.5 Å². The number of nitrogens with zero attached hydrogens (tertiary/aromatic N) is 1. The van der Waals surface area contributed by atoms with Crippen LogP contribution in [0.1, 0.15) is 44.6 Å². The van der Waals surface area contributed by atoms with Crippen molar-refractivity contribution < 1.29 is 4.74 Å². The van der Waals surface area contributed by atoms with E-state index in [0.29, 0.717) is 11.6 Å². The Morgan fingerprint density at radius 2 is 2.00 bits per heavy atom. The Morgan fingerprint density at radius 1 is 1.25 bits per heavy atom. The van der Waals surface area contributed by atoms with E-state index in [2.05, 4.69) is 11.9 Å². The second-order valence-electron chi connectivity index (χ2n) is 4.15. The Morgan fingerprint density at radius 3 is 2.69 bits per heavy atom. The average molecular weight is 222 g/mol. The summed E-state index contributed by atoms with van der Waals surface area (Å²) in [5, 5.41) is 0. The van der Waals surface area contributed by atoms with Crippen molar-refractivity contribution in [2.75, 3.05) is 12.3 Å². The van der Waals surface area contributed by atoms with Crippen LogP contribution in [0.2, 0.25) is 0 Å². The Kier molecular flexibility index (Phi) is 5.68. The topological polar surface area (TPSA) is 48.1 Å². The van der Waals surface area contributed by atoms with Crippen molar-refractivity contribution in [3.8, 4) is 5.88 Å². The van der Waals surface area contributed by atoms with Gasteiger partial charge >= 0.3 is 0 Å². The molecule has 3 heteroatoms. The largest absolute Gasteiger partial charge is 0.477 e. The van der Waals surface area contributed by atoms with Gasteiger partial charge in [0.05, 0.1) is 18.5 Å². The molecule has 0 amide bonds. The van der Waals surface area contributed by atoms with Gasteiger partial charge in [-0.05, 0) is 19.4 Å². The minimum atomic E-state index is 0.688. The van der Waals surface area contributed by atoms with Gasteiger partial charge in [0.25, 0.3) is 0 Å². The molecule has 0 radical (unpaired) electrons. The number of anilines is 1. The van der Waals surface area contributed by atoms with Gasteiger partial charge in [0.2, 0.25) is 5.88 Å². The number of unbranched alkanes of at least 4 members (excludes halogenated alkanes) is 4. The van der Waals surface area contributed by atoms with Crippen molar-refractivity contribution in [1.82, 2.24) is 4.98 Å². The first-order valence-corrected chi connectivity index (χ1v) is 6.09. The van der Waals surface area contributed by atoms with Crippen molar-refractivity contribution in [1.29, 1.82) is 0 Å². The standard InChI is InChI=1S/C13H22N2O/c1-3-4-5-6-7-8-16-13-11(2)9-12(14)10-15-13/h9-10H,3-8,14H2,1-2H3. The molecule has 0 bridgehead atoms.